The highest BCUT2D eigenvalue weighted by atomic mass is 32.1. The van der Waals surface area contributed by atoms with Gasteiger partial charge >= 0.3 is 6.03 Å². The molecule has 1 aliphatic rings. The van der Waals surface area contributed by atoms with E-state index in [2.05, 4.69) is 5.32 Å². The summed E-state index contributed by atoms with van der Waals surface area (Å²) in [5.41, 5.74) is 2.54. The first-order chi connectivity index (χ1) is 12.7. The molecule has 0 spiro atoms. The molecule has 1 saturated heterocycles. The summed E-state index contributed by atoms with van der Waals surface area (Å²) < 4.78 is 5.09. The fourth-order valence-corrected chi connectivity index (χ4v) is 3.58. The summed E-state index contributed by atoms with van der Waals surface area (Å²) in [6.45, 7) is 2.94. The van der Waals surface area contributed by atoms with E-state index in [1.54, 1.807) is 12.0 Å². The highest BCUT2D eigenvalue weighted by Crippen LogP contribution is 2.14. The molecule has 138 valence electrons. The van der Waals surface area contributed by atoms with Crippen LogP contribution < -0.4 is 5.32 Å². The number of carbonyl (C=O) groups excluding carboxylic acids is 2. The molecule has 7 heteroatoms. The second-order valence-corrected chi connectivity index (χ2v) is 6.98. The molecule has 3 rings (SSSR count). The second-order valence-electron chi connectivity index (χ2n) is 6.20. The molecule has 1 aromatic carbocycles. The van der Waals surface area contributed by atoms with Gasteiger partial charge < -0.3 is 19.9 Å². The van der Waals surface area contributed by atoms with E-state index in [4.69, 9.17) is 4.74 Å². The third-order valence-electron chi connectivity index (χ3n) is 4.35. The molecule has 1 aliphatic heterocycles. The Bertz CT molecular complexity index is 731. The molecule has 0 unspecified atom stereocenters. The number of nitrogens with zero attached hydrogens (tertiary/aromatic N) is 2. The fraction of sp³-hybridized carbons (Fsp3) is 0.368. The zero-order valence-corrected chi connectivity index (χ0v) is 15.6. The minimum Gasteiger partial charge on any atom is -0.380 e. The van der Waals surface area contributed by atoms with Crippen LogP contribution >= 0.6 is 11.3 Å². The Labute approximate surface area is 157 Å². The third kappa shape index (κ3) is 4.62. The maximum absolute atomic E-state index is 12.5. The topological polar surface area (TPSA) is 61.9 Å². The molecule has 6 nitrogen and oxygen atoms in total. The monoisotopic (exact) mass is 373 g/mol. The van der Waals surface area contributed by atoms with E-state index in [1.165, 1.54) is 11.3 Å². The lowest BCUT2D eigenvalue weighted by molar-refractivity contribution is 0.0763. The van der Waals surface area contributed by atoms with Crippen LogP contribution in [0.1, 0.15) is 22.3 Å². The number of urea groups is 1. The summed E-state index contributed by atoms with van der Waals surface area (Å²) in [4.78, 5) is 28.6. The number of anilines is 1. The number of amides is 3. The van der Waals surface area contributed by atoms with Crippen LogP contribution in [0.25, 0.3) is 0 Å². The molecule has 1 fully saturated rings. The van der Waals surface area contributed by atoms with Crippen molar-refractivity contribution in [3.8, 4) is 0 Å². The summed E-state index contributed by atoms with van der Waals surface area (Å²) >= 11 is 1.52. The van der Waals surface area contributed by atoms with Crippen molar-refractivity contribution in [3.05, 3.63) is 52.2 Å². The molecule has 1 N–H and O–H groups in total. The summed E-state index contributed by atoms with van der Waals surface area (Å²) in [5, 5.41) is 6.70. The van der Waals surface area contributed by atoms with Crippen LogP contribution in [0.5, 0.6) is 0 Å². The van der Waals surface area contributed by atoms with E-state index in [1.807, 2.05) is 46.0 Å². The largest absolute Gasteiger partial charge is 0.380 e. The number of hydrogen-bond donors (Lipinski definition) is 1. The SMILES string of the molecule is COCc1ccc(NC(=O)N2CCCN(C(=O)c3ccsc3)CC2)cc1. The second kappa shape index (κ2) is 8.82. The van der Waals surface area contributed by atoms with Gasteiger partial charge in [-0.25, -0.2) is 4.79 Å². The molecule has 3 amide bonds. The summed E-state index contributed by atoms with van der Waals surface area (Å²) in [7, 11) is 1.65. The Morgan fingerprint density at radius 2 is 1.81 bits per heavy atom. The van der Waals surface area contributed by atoms with Crippen LogP contribution in [0.3, 0.4) is 0 Å². The highest BCUT2D eigenvalue weighted by Gasteiger charge is 2.23. The van der Waals surface area contributed by atoms with Gasteiger partial charge in [-0.1, -0.05) is 12.1 Å². The van der Waals surface area contributed by atoms with Crippen LogP contribution in [0.4, 0.5) is 10.5 Å². The lowest BCUT2D eigenvalue weighted by Gasteiger charge is -2.22. The number of nitrogens with one attached hydrogen (secondary N) is 1. The van der Waals surface area contributed by atoms with Gasteiger partial charge in [-0.3, -0.25) is 4.79 Å². The Hall–Kier alpha value is -2.38. The predicted molar refractivity (Wildman–Crippen MR) is 103 cm³/mol. The van der Waals surface area contributed by atoms with Gasteiger partial charge in [0.05, 0.1) is 12.2 Å². The average Bonchev–Trinajstić information content (AvgIpc) is 3.07. The third-order valence-corrected chi connectivity index (χ3v) is 5.04. The van der Waals surface area contributed by atoms with Gasteiger partial charge in [0, 0.05) is 44.4 Å². The van der Waals surface area contributed by atoms with Crippen molar-refractivity contribution < 1.29 is 14.3 Å². The number of rotatable bonds is 4. The average molecular weight is 373 g/mol. The molecular weight excluding hydrogens is 350 g/mol. The minimum absolute atomic E-state index is 0.0437. The minimum atomic E-state index is -0.130. The van der Waals surface area contributed by atoms with Crippen molar-refractivity contribution in [2.75, 3.05) is 38.6 Å². The van der Waals surface area contributed by atoms with Gasteiger partial charge in [0.2, 0.25) is 0 Å². The van der Waals surface area contributed by atoms with Crippen LogP contribution in [0, 0.1) is 0 Å². The predicted octanol–water partition coefficient (Wildman–Crippen LogP) is 3.27. The normalized spacial score (nSPS) is 14.8. The Morgan fingerprint density at radius 1 is 1.08 bits per heavy atom. The fourth-order valence-electron chi connectivity index (χ4n) is 2.95. The van der Waals surface area contributed by atoms with Crippen molar-refractivity contribution in [3.63, 3.8) is 0 Å². The van der Waals surface area contributed by atoms with Crippen molar-refractivity contribution in [1.29, 1.82) is 0 Å². The maximum Gasteiger partial charge on any atom is 0.321 e. The van der Waals surface area contributed by atoms with Gasteiger partial charge in [0.25, 0.3) is 5.91 Å². The molecule has 0 radical (unpaired) electrons. The van der Waals surface area contributed by atoms with Crippen molar-refractivity contribution in [2.45, 2.75) is 13.0 Å². The molecule has 0 bridgehead atoms. The van der Waals surface area contributed by atoms with Crippen LogP contribution in [-0.4, -0.2) is 55.0 Å². The number of benzene rings is 1. The van der Waals surface area contributed by atoms with Crippen molar-refractivity contribution in [2.24, 2.45) is 0 Å². The molecule has 26 heavy (non-hydrogen) atoms. The molecule has 0 aliphatic carbocycles. The number of hydrogen-bond acceptors (Lipinski definition) is 4. The standard InChI is InChI=1S/C19H23N3O3S/c1-25-13-15-3-5-17(6-4-15)20-19(24)22-9-2-8-21(10-11-22)18(23)16-7-12-26-14-16/h3-7,12,14H,2,8-11,13H2,1H3,(H,20,24). The zero-order valence-electron chi connectivity index (χ0n) is 14.8. The van der Waals surface area contributed by atoms with Crippen LogP contribution in [-0.2, 0) is 11.3 Å². The van der Waals surface area contributed by atoms with Crippen LogP contribution in [0.2, 0.25) is 0 Å². The van der Waals surface area contributed by atoms with Gasteiger partial charge in [0.15, 0.2) is 0 Å². The molecule has 0 atom stereocenters. The summed E-state index contributed by atoms with van der Waals surface area (Å²) in [6.07, 6.45) is 0.774. The van der Waals surface area contributed by atoms with Crippen molar-refractivity contribution >= 4 is 29.0 Å². The quantitative estimate of drug-likeness (QED) is 0.895. The summed E-state index contributed by atoms with van der Waals surface area (Å²) in [6, 6.07) is 9.32. The number of methoxy groups -OCH3 is 1. The molecule has 0 saturated carbocycles. The van der Waals surface area contributed by atoms with E-state index in [-0.39, 0.29) is 11.9 Å². The highest BCUT2D eigenvalue weighted by molar-refractivity contribution is 7.08. The first-order valence-electron chi connectivity index (χ1n) is 8.62. The van der Waals surface area contributed by atoms with E-state index in [0.717, 1.165) is 23.2 Å². The van der Waals surface area contributed by atoms with E-state index in [0.29, 0.717) is 32.8 Å². The number of thiophene rings is 1. The molecule has 2 aromatic rings. The first kappa shape index (κ1) is 18.4. The van der Waals surface area contributed by atoms with Crippen LogP contribution in [0.15, 0.2) is 41.1 Å². The van der Waals surface area contributed by atoms with E-state index in [9.17, 15) is 9.59 Å². The smallest absolute Gasteiger partial charge is 0.321 e. The number of ether oxygens (including phenoxy) is 1. The van der Waals surface area contributed by atoms with Crippen molar-refractivity contribution in [1.82, 2.24) is 9.80 Å². The molecule has 2 heterocycles. The van der Waals surface area contributed by atoms with Gasteiger partial charge in [0.1, 0.15) is 0 Å². The van der Waals surface area contributed by atoms with Gasteiger partial charge in [-0.05, 0) is 35.6 Å². The lowest BCUT2D eigenvalue weighted by Crippen LogP contribution is -2.39. The molecular formula is C19H23N3O3S. The summed E-state index contributed by atoms with van der Waals surface area (Å²) in [5.74, 6) is 0.0437. The van der Waals surface area contributed by atoms with E-state index < -0.39 is 0 Å². The van der Waals surface area contributed by atoms with Gasteiger partial charge in [-0.15, -0.1) is 0 Å². The maximum atomic E-state index is 12.5. The Kier molecular flexibility index (Phi) is 6.25. The number of carbonyl (C=O) groups is 2. The van der Waals surface area contributed by atoms with Gasteiger partial charge in [-0.2, -0.15) is 11.3 Å². The lowest BCUT2D eigenvalue weighted by atomic mass is 10.2. The molecule has 1 aromatic heterocycles. The Balaban J connectivity index is 1.54. The zero-order chi connectivity index (χ0) is 18.4. The van der Waals surface area contributed by atoms with E-state index >= 15 is 0 Å². The first-order valence-corrected chi connectivity index (χ1v) is 9.57. The Morgan fingerprint density at radius 3 is 2.50 bits per heavy atom.